The smallest absolute Gasteiger partial charge is 0.343 e. The lowest BCUT2D eigenvalue weighted by atomic mass is 10.2. The van der Waals surface area contributed by atoms with Crippen molar-refractivity contribution in [2.45, 2.75) is 19.6 Å². The van der Waals surface area contributed by atoms with E-state index in [0.717, 1.165) is 12.3 Å². The van der Waals surface area contributed by atoms with E-state index in [1.807, 2.05) is 0 Å². The molecule has 118 valence electrons. The maximum absolute atomic E-state index is 12.1. The first kappa shape index (κ1) is 15.7. The molecule has 2 aromatic rings. The number of nitrogens with zero attached hydrogens (tertiary/aromatic N) is 2. The molecule has 0 aliphatic heterocycles. The standard InChI is InChI=1S/C12H11F3N4O3/c1-2-19-8-7(10(21)18-11(19)22)3-6(4-16-8)9(20)17-5-12(13,14)15/h3-4H,2,5H2,1H3,(H,17,20)(H,18,21,22). The Morgan fingerprint density at radius 3 is 2.68 bits per heavy atom. The highest BCUT2D eigenvalue weighted by atomic mass is 19.4. The number of fused-ring (bicyclic) bond motifs is 1. The normalized spacial score (nSPS) is 11.6. The number of hydrogen-bond acceptors (Lipinski definition) is 4. The van der Waals surface area contributed by atoms with Crippen LogP contribution >= 0.6 is 0 Å². The Kier molecular flexibility index (Phi) is 4.02. The molecule has 0 radical (unpaired) electrons. The molecular weight excluding hydrogens is 305 g/mol. The minimum absolute atomic E-state index is 0.0545. The van der Waals surface area contributed by atoms with Crippen molar-refractivity contribution in [1.82, 2.24) is 19.9 Å². The number of hydrogen-bond donors (Lipinski definition) is 2. The topological polar surface area (TPSA) is 96.9 Å². The van der Waals surface area contributed by atoms with Crippen molar-refractivity contribution < 1.29 is 18.0 Å². The molecule has 2 N–H and O–H groups in total. The summed E-state index contributed by atoms with van der Waals surface area (Å²) in [7, 11) is 0. The fourth-order valence-corrected chi connectivity index (χ4v) is 1.87. The van der Waals surface area contributed by atoms with Crippen molar-refractivity contribution in [1.29, 1.82) is 0 Å². The van der Waals surface area contributed by atoms with Gasteiger partial charge in [0.25, 0.3) is 11.5 Å². The summed E-state index contributed by atoms with van der Waals surface area (Å²) >= 11 is 0. The highest BCUT2D eigenvalue weighted by molar-refractivity contribution is 5.96. The van der Waals surface area contributed by atoms with Gasteiger partial charge in [-0.05, 0) is 13.0 Å². The summed E-state index contributed by atoms with van der Waals surface area (Å²) in [5.74, 6) is -1.01. The molecule has 2 heterocycles. The van der Waals surface area contributed by atoms with Gasteiger partial charge in [0.2, 0.25) is 0 Å². The summed E-state index contributed by atoms with van der Waals surface area (Å²) in [6, 6.07) is 1.10. The Morgan fingerprint density at radius 2 is 2.09 bits per heavy atom. The molecular formula is C12H11F3N4O3. The Balaban J connectivity index is 2.45. The van der Waals surface area contributed by atoms with E-state index in [0.29, 0.717) is 0 Å². The largest absolute Gasteiger partial charge is 0.405 e. The van der Waals surface area contributed by atoms with Gasteiger partial charge in [-0.2, -0.15) is 13.2 Å². The molecule has 0 saturated heterocycles. The summed E-state index contributed by atoms with van der Waals surface area (Å²) in [6.07, 6.45) is -3.53. The zero-order valence-electron chi connectivity index (χ0n) is 11.3. The first-order valence-electron chi connectivity index (χ1n) is 6.20. The van der Waals surface area contributed by atoms with E-state index in [-0.39, 0.29) is 23.1 Å². The van der Waals surface area contributed by atoms with Gasteiger partial charge in [-0.1, -0.05) is 0 Å². The summed E-state index contributed by atoms with van der Waals surface area (Å²) in [5.41, 5.74) is -1.56. The minimum atomic E-state index is -4.54. The highest BCUT2D eigenvalue weighted by Gasteiger charge is 2.28. The van der Waals surface area contributed by atoms with Crippen molar-refractivity contribution >= 4 is 16.9 Å². The summed E-state index contributed by atoms with van der Waals surface area (Å²) in [5, 5.41) is 1.62. The highest BCUT2D eigenvalue weighted by Crippen LogP contribution is 2.13. The molecule has 0 bridgehead atoms. The molecule has 22 heavy (non-hydrogen) atoms. The number of rotatable bonds is 3. The predicted molar refractivity (Wildman–Crippen MR) is 70.7 cm³/mol. The van der Waals surface area contributed by atoms with Crippen LogP contribution in [0, 0.1) is 0 Å². The maximum Gasteiger partial charge on any atom is 0.405 e. The van der Waals surface area contributed by atoms with Crippen LogP contribution in [0.5, 0.6) is 0 Å². The molecule has 0 aliphatic carbocycles. The van der Waals surface area contributed by atoms with Crippen molar-refractivity contribution in [3.05, 3.63) is 38.7 Å². The van der Waals surface area contributed by atoms with Gasteiger partial charge >= 0.3 is 11.9 Å². The number of pyridine rings is 1. The van der Waals surface area contributed by atoms with Gasteiger partial charge in [0.1, 0.15) is 12.2 Å². The molecule has 0 fully saturated rings. The van der Waals surface area contributed by atoms with E-state index in [4.69, 9.17) is 0 Å². The lowest BCUT2D eigenvalue weighted by molar-refractivity contribution is -0.123. The number of aryl methyl sites for hydroxylation is 1. The monoisotopic (exact) mass is 316 g/mol. The van der Waals surface area contributed by atoms with E-state index in [1.165, 1.54) is 4.57 Å². The SMILES string of the molecule is CCn1c(=O)[nH]c(=O)c2cc(C(=O)NCC(F)(F)F)cnc21. The van der Waals surface area contributed by atoms with E-state index in [9.17, 15) is 27.6 Å². The number of aromatic nitrogens is 3. The predicted octanol–water partition coefficient (Wildman–Crippen LogP) is 0.397. The molecule has 0 aromatic carbocycles. The molecule has 2 rings (SSSR count). The van der Waals surface area contributed by atoms with Gasteiger partial charge in [-0.25, -0.2) is 9.78 Å². The average Bonchev–Trinajstić information content (AvgIpc) is 2.44. The van der Waals surface area contributed by atoms with Crippen LogP contribution in [0.15, 0.2) is 21.9 Å². The van der Waals surface area contributed by atoms with Crippen LogP contribution in [0.3, 0.4) is 0 Å². The van der Waals surface area contributed by atoms with Gasteiger partial charge in [0.05, 0.1) is 10.9 Å². The Labute approximate surface area is 120 Å². The second-order valence-corrected chi connectivity index (χ2v) is 4.40. The number of aromatic amines is 1. The van der Waals surface area contributed by atoms with E-state index >= 15 is 0 Å². The number of nitrogens with one attached hydrogen (secondary N) is 2. The Bertz CT molecular complexity index is 838. The molecule has 7 nitrogen and oxygen atoms in total. The molecule has 0 unspecified atom stereocenters. The van der Waals surface area contributed by atoms with Crippen molar-refractivity contribution in [3.8, 4) is 0 Å². The van der Waals surface area contributed by atoms with Gasteiger partial charge < -0.3 is 5.32 Å². The summed E-state index contributed by atoms with van der Waals surface area (Å²) in [6.45, 7) is 0.401. The molecule has 2 aromatic heterocycles. The number of carbonyl (C=O) groups excluding carboxylic acids is 1. The van der Waals surface area contributed by atoms with Crippen molar-refractivity contribution in [3.63, 3.8) is 0 Å². The van der Waals surface area contributed by atoms with Crippen LogP contribution in [0.4, 0.5) is 13.2 Å². The Morgan fingerprint density at radius 1 is 1.41 bits per heavy atom. The third-order valence-electron chi connectivity index (χ3n) is 2.86. The lowest BCUT2D eigenvalue weighted by Gasteiger charge is -2.09. The fraction of sp³-hybridized carbons (Fsp3) is 0.333. The molecule has 0 spiro atoms. The third kappa shape index (κ3) is 3.15. The van der Waals surface area contributed by atoms with Crippen LogP contribution < -0.4 is 16.6 Å². The molecule has 1 amide bonds. The first-order chi connectivity index (χ1) is 10.2. The fourth-order valence-electron chi connectivity index (χ4n) is 1.87. The van der Waals surface area contributed by atoms with E-state index in [1.54, 1.807) is 12.2 Å². The zero-order chi connectivity index (χ0) is 16.5. The van der Waals surface area contributed by atoms with Gasteiger partial charge in [0, 0.05) is 12.7 Å². The number of carbonyl (C=O) groups is 1. The molecule has 0 aliphatic rings. The zero-order valence-corrected chi connectivity index (χ0v) is 11.3. The minimum Gasteiger partial charge on any atom is -0.343 e. The van der Waals surface area contributed by atoms with Crippen molar-refractivity contribution in [2.24, 2.45) is 0 Å². The summed E-state index contributed by atoms with van der Waals surface area (Å²) < 4.78 is 37.4. The second-order valence-electron chi connectivity index (χ2n) is 4.40. The quantitative estimate of drug-likeness (QED) is 0.856. The first-order valence-corrected chi connectivity index (χ1v) is 6.20. The number of alkyl halides is 3. The number of halogens is 3. The summed E-state index contributed by atoms with van der Waals surface area (Å²) in [4.78, 5) is 40.8. The maximum atomic E-state index is 12.1. The number of amides is 1. The third-order valence-corrected chi connectivity index (χ3v) is 2.86. The van der Waals surface area contributed by atoms with Gasteiger partial charge in [-0.3, -0.25) is 19.1 Å². The van der Waals surface area contributed by atoms with Crippen LogP contribution in [0.25, 0.3) is 11.0 Å². The van der Waals surface area contributed by atoms with E-state index < -0.39 is 29.9 Å². The van der Waals surface area contributed by atoms with Crippen LogP contribution in [0.1, 0.15) is 17.3 Å². The Hall–Kier alpha value is -2.65. The molecule has 0 atom stereocenters. The van der Waals surface area contributed by atoms with Crippen molar-refractivity contribution in [2.75, 3.05) is 6.54 Å². The van der Waals surface area contributed by atoms with Gasteiger partial charge in [-0.15, -0.1) is 0 Å². The van der Waals surface area contributed by atoms with Gasteiger partial charge in [0.15, 0.2) is 0 Å². The average molecular weight is 316 g/mol. The van der Waals surface area contributed by atoms with Crippen LogP contribution in [-0.2, 0) is 6.54 Å². The molecule has 10 heteroatoms. The van der Waals surface area contributed by atoms with Crippen LogP contribution in [0.2, 0.25) is 0 Å². The second kappa shape index (κ2) is 5.62. The van der Waals surface area contributed by atoms with E-state index in [2.05, 4.69) is 9.97 Å². The van der Waals surface area contributed by atoms with Crippen LogP contribution in [-0.4, -0.2) is 33.2 Å². The number of H-pyrrole nitrogens is 1. The molecule has 0 saturated carbocycles. The lowest BCUT2D eigenvalue weighted by Crippen LogP contribution is -2.34.